The fraction of sp³-hybridized carbons (Fsp3) is 0.429. The molecule has 1 aliphatic rings. The number of hydrogen-bond acceptors (Lipinski definition) is 6. The fourth-order valence-corrected chi connectivity index (χ4v) is 2.65. The third-order valence-electron chi connectivity index (χ3n) is 3.92. The Morgan fingerprint density at radius 3 is 2.61 bits per heavy atom. The average molecular weight is 328 g/mol. The second-order valence-corrected chi connectivity index (χ2v) is 5.40. The number of nitrogens with one attached hydrogen (secondary N) is 1. The van der Waals surface area contributed by atoms with Crippen LogP contribution in [0.4, 0.5) is 8.78 Å². The lowest BCUT2D eigenvalue weighted by atomic mass is 10.0. The van der Waals surface area contributed by atoms with Crippen LogP contribution in [0.1, 0.15) is 17.4 Å². The van der Waals surface area contributed by atoms with Crippen molar-refractivity contribution in [3.8, 4) is 0 Å². The van der Waals surface area contributed by atoms with Crippen molar-refractivity contribution in [2.75, 3.05) is 6.61 Å². The molecule has 3 rings (SSSR count). The van der Waals surface area contributed by atoms with Gasteiger partial charge in [0.15, 0.2) is 11.6 Å². The third kappa shape index (κ3) is 2.41. The molecule has 2 aromatic rings. The summed E-state index contributed by atoms with van der Waals surface area (Å²) in [6.45, 7) is 0.695. The minimum Gasteiger partial charge on any atom is -0.394 e. The summed E-state index contributed by atoms with van der Waals surface area (Å²) in [7, 11) is 0. The summed E-state index contributed by atoms with van der Waals surface area (Å²) in [5.74, 6) is -2.33. The zero-order valence-corrected chi connectivity index (χ0v) is 12.0. The van der Waals surface area contributed by atoms with E-state index in [9.17, 15) is 23.8 Å². The van der Waals surface area contributed by atoms with E-state index >= 15 is 0 Å². The number of hydrogen-bond donors (Lipinski definition) is 4. The number of H-pyrrole nitrogens is 1. The van der Waals surface area contributed by atoms with Gasteiger partial charge in [0.1, 0.15) is 30.1 Å². The highest BCUT2D eigenvalue weighted by Crippen LogP contribution is 2.33. The van der Waals surface area contributed by atoms with E-state index in [0.717, 1.165) is 6.07 Å². The Morgan fingerprint density at radius 2 is 2.00 bits per heavy atom. The molecule has 0 aromatic carbocycles. The van der Waals surface area contributed by atoms with Crippen LogP contribution in [0.25, 0.3) is 11.0 Å². The van der Waals surface area contributed by atoms with Gasteiger partial charge in [0.05, 0.1) is 17.7 Å². The molecule has 4 atom stereocenters. The largest absolute Gasteiger partial charge is 0.394 e. The quantitative estimate of drug-likeness (QED) is 0.600. The van der Waals surface area contributed by atoms with Gasteiger partial charge in [-0.1, -0.05) is 0 Å². The summed E-state index contributed by atoms with van der Waals surface area (Å²) in [6, 6.07) is 1.03. The van der Waals surface area contributed by atoms with E-state index in [0.29, 0.717) is 0 Å². The number of aliphatic hydroxyl groups is 3. The van der Waals surface area contributed by atoms with Crippen LogP contribution in [-0.2, 0) is 4.74 Å². The number of ether oxygens (including phenoxy) is 1. The van der Waals surface area contributed by atoms with Gasteiger partial charge in [-0.15, -0.1) is 0 Å². The Morgan fingerprint density at radius 1 is 1.30 bits per heavy atom. The van der Waals surface area contributed by atoms with E-state index in [1.54, 1.807) is 0 Å². The van der Waals surface area contributed by atoms with Crippen LogP contribution in [0.15, 0.2) is 10.9 Å². The van der Waals surface area contributed by atoms with Crippen molar-refractivity contribution >= 4 is 11.0 Å². The van der Waals surface area contributed by atoms with E-state index < -0.39 is 48.2 Å². The summed E-state index contributed by atoms with van der Waals surface area (Å²) in [6.07, 6.45) is -5.25. The summed E-state index contributed by atoms with van der Waals surface area (Å²) < 4.78 is 32.9. The highest BCUT2D eigenvalue weighted by molar-refractivity contribution is 5.76. The number of aromatic amines is 1. The number of aryl methyl sites for hydroxylation is 1. The maximum Gasteiger partial charge on any atom is 0.255 e. The van der Waals surface area contributed by atoms with E-state index in [-0.39, 0.29) is 22.3 Å². The molecule has 0 aliphatic carbocycles. The minimum absolute atomic E-state index is 0.137. The molecule has 1 fully saturated rings. The third-order valence-corrected chi connectivity index (χ3v) is 3.92. The van der Waals surface area contributed by atoms with Crippen LogP contribution in [0.2, 0.25) is 0 Å². The van der Waals surface area contributed by atoms with Crippen LogP contribution in [-0.4, -0.2) is 50.2 Å². The summed E-state index contributed by atoms with van der Waals surface area (Å²) in [4.78, 5) is 18.2. The molecule has 0 bridgehead atoms. The molecule has 0 radical (unpaired) electrons. The second-order valence-electron chi connectivity index (χ2n) is 5.40. The Kier molecular flexibility index (Phi) is 3.88. The molecule has 3 heterocycles. The molecule has 0 saturated carbocycles. The molecule has 1 saturated heterocycles. The predicted molar refractivity (Wildman–Crippen MR) is 73.7 cm³/mol. The van der Waals surface area contributed by atoms with Crippen molar-refractivity contribution in [1.82, 2.24) is 9.97 Å². The van der Waals surface area contributed by atoms with Crippen LogP contribution >= 0.6 is 0 Å². The SMILES string of the molecule is Cc1nc2[nH]c(=O)c(C3OC(CO)C(O)C3O)cc2c(F)c1F. The maximum absolute atomic E-state index is 14.0. The van der Waals surface area contributed by atoms with Crippen molar-refractivity contribution < 1.29 is 28.8 Å². The number of fused-ring (bicyclic) bond motifs is 1. The molecule has 1 aliphatic heterocycles. The van der Waals surface area contributed by atoms with E-state index in [1.165, 1.54) is 6.92 Å². The minimum atomic E-state index is -1.49. The van der Waals surface area contributed by atoms with Crippen molar-refractivity contribution in [3.63, 3.8) is 0 Å². The van der Waals surface area contributed by atoms with Crippen molar-refractivity contribution in [1.29, 1.82) is 0 Å². The number of halogens is 2. The standard InChI is InChI=1S/C14H14F2N2O5/c1-4-8(15)9(16)5-2-6(14(22)18-13(5)17-4)12-11(21)10(20)7(3-19)23-12/h2,7,10-12,19-21H,3H2,1H3,(H,17,18,22). The maximum atomic E-state index is 14.0. The summed E-state index contributed by atoms with van der Waals surface area (Å²) in [5.41, 5.74) is -1.25. The zero-order chi connectivity index (χ0) is 16.9. The molecular weight excluding hydrogens is 314 g/mol. The van der Waals surface area contributed by atoms with Gasteiger partial charge in [0, 0.05) is 5.56 Å². The van der Waals surface area contributed by atoms with Crippen LogP contribution in [0.3, 0.4) is 0 Å². The molecule has 0 spiro atoms. The first-order valence-corrected chi connectivity index (χ1v) is 6.86. The number of pyridine rings is 2. The molecule has 23 heavy (non-hydrogen) atoms. The molecule has 9 heteroatoms. The van der Waals surface area contributed by atoms with Crippen molar-refractivity contribution in [2.45, 2.75) is 31.3 Å². The van der Waals surface area contributed by atoms with Crippen LogP contribution in [0, 0.1) is 18.6 Å². The number of aliphatic hydroxyl groups excluding tert-OH is 3. The number of nitrogens with zero attached hydrogens (tertiary/aromatic N) is 1. The van der Waals surface area contributed by atoms with Gasteiger partial charge in [-0.3, -0.25) is 4.79 Å². The van der Waals surface area contributed by atoms with Crippen molar-refractivity contribution in [3.05, 3.63) is 39.3 Å². The number of rotatable bonds is 2. The number of aromatic nitrogens is 2. The summed E-state index contributed by atoms with van der Waals surface area (Å²) in [5, 5.41) is 28.5. The predicted octanol–water partition coefficient (Wildman–Crippen LogP) is -0.336. The first-order valence-electron chi connectivity index (χ1n) is 6.86. The lowest BCUT2D eigenvalue weighted by Gasteiger charge is -2.15. The first-order chi connectivity index (χ1) is 10.8. The van der Waals surface area contributed by atoms with Gasteiger partial charge < -0.3 is 25.0 Å². The Balaban J connectivity index is 2.16. The Labute approximate surface area is 128 Å². The molecule has 4 N–H and O–H groups in total. The normalized spacial score (nSPS) is 27.7. The average Bonchev–Trinajstić information content (AvgIpc) is 2.80. The zero-order valence-electron chi connectivity index (χ0n) is 12.0. The fourth-order valence-electron chi connectivity index (χ4n) is 2.65. The molecule has 2 aromatic heterocycles. The smallest absolute Gasteiger partial charge is 0.255 e. The Bertz CT molecular complexity index is 825. The topological polar surface area (TPSA) is 116 Å². The molecule has 4 unspecified atom stereocenters. The molecular formula is C14H14F2N2O5. The van der Waals surface area contributed by atoms with Crippen LogP contribution in [0.5, 0.6) is 0 Å². The highest BCUT2D eigenvalue weighted by atomic mass is 19.2. The van der Waals surface area contributed by atoms with E-state index in [2.05, 4.69) is 9.97 Å². The Hall–Kier alpha value is -1.94. The molecule has 124 valence electrons. The van der Waals surface area contributed by atoms with Gasteiger partial charge in [-0.2, -0.15) is 0 Å². The van der Waals surface area contributed by atoms with E-state index in [4.69, 9.17) is 9.84 Å². The first kappa shape index (κ1) is 15.9. The highest BCUT2D eigenvalue weighted by Gasteiger charge is 2.44. The van der Waals surface area contributed by atoms with Gasteiger partial charge in [0.2, 0.25) is 0 Å². The van der Waals surface area contributed by atoms with Gasteiger partial charge in [-0.25, -0.2) is 13.8 Å². The second kappa shape index (κ2) is 5.60. The molecule has 7 nitrogen and oxygen atoms in total. The van der Waals surface area contributed by atoms with E-state index in [1.807, 2.05) is 0 Å². The van der Waals surface area contributed by atoms with Gasteiger partial charge in [-0.05, 0) is 13.0 Å². The van der Waals surface area contributed by atoms with Crippen LogP contribution < -0.4 is 5.56 Å². The van der Waals surface area contributed by atoms with Crippen molar-refractivity contribution in [2.24, 2.45) is 0 Å². The van der Waals surface area contributed by atoms with Gasteiger partial charge >= 0.3 is 0 Å². The van der Waals surface area contributed by atoms with Gasteiger partial charge in [0.25, 0.3) is 5.56 Å². The summed E-state index contributed by atoms with van der Waals surface area (Å²) >= 11 is 0. The molecule has 0 amide bonds. The monoisotopic (exact) mass is 328 g/mol. The lowest BCUT2D eigenvalue weighted by molar-refractivity contribution is -0.0231. The lowest BCUT2D eigenvalue weighted by Crippen LogP contribution is -2.33.